The van der Waals surface area contributed by atoms with Crippen LogP contribution >= 0.6 is 0 Å². The van der Waals surface area contributed by atoms with Crippen LogP contribution in [0.15, 0.2) is 59.9 Å². The van der Waals surface area contributed by atoms with Crippen LogP contribution in [0.2, 0.25) is 0 Å². The molecule has 27 heavy (non-hydrogen) atoms. The fourth-order valence-corrected chi connectivity index (χ4v) is 2.84. The molecule has 0 amide bonds. The number of nitrogens with zero attached hydrogens (tertiary/aromatic N) is 4. The van der Waals surface area contributed by atoms with Crippen LogP contribution in [0.3, 0.4) is 0 Å². The molecule has 0 aliphatic heterocycles. The van der Waals surface area contributed by atoms with E-state index in [-0.39, 0.29) is 4.90 Å². The van der Waals surface area contributed by atoms with Gasteiger partial charge in [0.15, 0.2) is 5.82 Å². The molecule has 3 rings (SSSR count). The van der Waals surface area contributed by atoms with Gasteiger partial charge in [0.2, 0.25) is 16.0 Å². The van der Waals surface area contributed by atoms with E-state index in [2.05, 4.69) is 30.8 Å². The second kappa shape index (κ2) is 8.52. The maximum Gasteiger partial charge on any atom is 0.244 e. The lowest BCUT2D eigenvalue weighted by atomic mass is 10.1. The number of pyridine rings is 1. The van der Waals surface area contributed by atoms with Crippen molar-refractivity contribution >= 4 is 21.8 Å². The van der Waals surface area contributed by atoms with Gasteiger partial charge < -0.3 is 10.6 Å². The first-order valence-corrected chi connectivity index (χ1v) is 9.73. The third-order valence-corrected chi connectivity index (χ3v) is 4.66. The van der Waals surface area contributed by atoms with Gasteiger partial charge in [-0.3, -0.25) is 4.98 Å². The summed E-state index contributed by atoms with van der Waals surface area (Å²) in [4.78, 5) is 8.43. The largest absolute Gasteiger partial charge is 0.368 e. The minimum atomic E-state index is -3.66. The molecule has 2 aromatic heterocycles. The van der Waals surface area contributed by atoms with Crippen LogP contribution in [0.5, 0.6) is 0 Å². The molecule has 0 aliphatic rings. The number of aromatic nitrogens is 4. The van der Waals surface area contributed by atoms with E-state index in [0.29, 0.717) is 31.3 Å². The highest BCUT2D eigenvalue weighted by atomic mass is 32.2. The van der Waals surface area contributed by atoms with Gasteiger partial charge in [-0.2, -0.15) is 10.1 Å². The van der Waals surface area contributed by atoms with Gasteiger partial charge in [0.1, 0.15) is 0 Å². The first-order valence-electron chi connectivity index (χ1n) is 8.19. The van der Waals surface area contributed by atoms with E-state index in [4.69, 9.17) is 5.14 Å². The zero-order valence-corrected chi connectivity index (χ0v) is 15.2. The Morgan fingerprint density at radius 1 is 0.963 bits per heavy atom. The number of nitrogens with two attached hydrogens (primary N) is 1. The van der Waals surface area contributed by atoms with E-state index in [1.807, 2.05) is 12.1 Å². The number of nitrogens with one attached hydrogen (secondary N) is 2. The second-order valence-electron chi connectivity index (χ2n) is 5.74. The van der Waals surface area contributed by atoms with E-state index in [9.17, 15) is 8.42 Å². The Labute approximate surface area is 157 Å². The van der Waals surface area contributed by atoms with Crippen LogP contribution < -0.4 is 15.8 Å². The molecule has 0 bridgehead atoms. The zero-order chi connectivity index (χ0) is 19.1. The highest BCUT2D eigenvalue weighted by molar-refractivity contribution is 7.89. The van der Waals surface area contributed by atoms with Gasteiger partial charge in [0.05, 0.1) is 11.1 Å². The topological polar surface area (TPSA) is 136 Å². The second-order valence-corrected chi connectivity index (χ2v) is 7.30. The van der Waals surface area contributed by atoms with Gasteiger partial charge in [-0.15, -0.1) is 5.10 Å². The van der Waals surface area contributed by atoms with Crippen molar-refractivity contribution in [1.29, 1.82) is 0 Å². The van der Waals surface area contributed by atoms with Crippen LogP contribution in [-0.4, -0.2) is 35.1 Å². The van der Waals surface area contributed by atoms with Crippen molar-refractivity contribution in [3.63, 3.8) is 0 Å². The monoisotopic (exact) mass is 385 g/mol. The first kappa shape index (κ1) is 18.7. The Morgan fingerprint density at radius 3 is 2.41 bits per heavy atom. The van der Waals surface area contributed by atoms with Crippen molar-refractivity contribution in [2.24, 2.45) is 5.14 Å². The van der Waals surface area contributed by atoms with Gasteiger partial charge in [0, 0.05) is 25.5 Å². The lowest BCUT2D eigenvalue weighted by molar-refractivity contribution is 0.598. The number of hydrogen-bond donors (Lipinski definition) is 3. The molecule has 9 nitrogen and oxygen atoms in total. The number of sulfonamides is 1. The summed E-state index contributed by atoms with van der Waals surface area (Å²) in [5.74, 6) is 1.03. The highest BCUT2D eigenvalue weighted by Gasteiger charge is 2.06. The smallest absolute Gasteiger partial charge is 0.244 e. The fraction of sp³-hybridized carbons (Fsp3) is 0.176. The molecular formula is C17H19N7O2S. The SMILES string of the molecule is NS(=O)(=O)c1ccc(CCNc2cnnc(NCc3ccncc3)n2)cc1. The van der Waals surface area contributed by atoms with Crippen LogP contribution in [0.4, 0.5) is 11.8 Å². The van der Waals surface area contributed by atoms with Gasteiger partial charge >= 0.3 is 0 Å². The summed E-state index contributed by atoms with van der Waals surface area (Å²) >= 11 is 0. The van der Waals surface area contributed by atoms with E-state index < -0.39 is 10.0 Å². The Balaban J connectivity index is 1.51. The van der Waals surface area contributed by atoms with Crippen LogP contribution in [-0.2, 0) is 23.0 Å². The van der Waals surface area contributed by atoms with Crippen LogP contribution in [0, 0.1) is 0 Å². The van der Waals surface area contributed by atoms with Gasteiger partial charge in [0.25, 0.3) is 0 Å². The summed E-state index contributed by atoms with van der Waals surface area (Å²) in [5, 5.41) is 19.3. The number of benzene rings is 1. The van der Waals surface area contributed by atoms with Crippen molar-refractivity contribution in [2.75, 3.05) is 17.2 Å². The predicted octanol–water partition coefficient (Wildman–Crippen LogP) is 1.18. The van der Waals surface area contributed by atoms with Crippen molar-refractivity contribution < 1.29 is 8.42 Å². The van der Waals surface area contributed by atoms with E-state index in [0.717, 1.165) is 11.1 Å². The van der Waals surface area contributed by atoms with Crippen LogP contribution in [0.25, 0.3) is 0 Å². The molecule has 4 N–H and O–H groups in total. The lowest BCUT2D eigenvalue weighted by Gasteiger charge is -2.08. The molecule has 0 atom stereocenters. The number of primary sulfonamides is 1. The fourth-order valence-electron chi connectivity index (χ4n) is 2.33. The molecule has 3 aromatic rings. The summed E-state index contributed by atoms with van der Waals surface area (Å²) in [6.45, 7) is 1.18. The minimum Gasteiger partial charge on any atom is -0.368 e. The average Bonchev–Trinajstić information content (AvgIpc) is 2.67. The lowest BCUT2D eigenvalue weighted by Crippen LogP contribution is -2.12. The molecule has 0 spiro atoms. The normalized spacial score (nSPS) is 11.1. The number of anilines is 2. The van der Waals surface area contributed by atoms with Crippen molar-refractivity contribution in [3.8, 4) is 0 Å². The maximum absolute atomic E-state index is 11.3. The molecule has 0 saturated heterocycles. The molecule has 10 heteroatoms. The zero-order valence-electron chi connectivity index (χ0n) is 14.4. The Hall–Kier alpha value is -3.11. The highest BCUT2D eigenvalue weighted by Crippen LogP contribution is 2.10. The summed E-state index contributed by atoms with van der Waals surface area (Å²) in [6.07, 6.45) is 5.68. The van der Waals surface area contributed by atoms with E-state index >= 15 is 0 Å². The van der Waals surface area contributed by atoms with E-state index in [1.165, 1.54) is 12.1 Å². The summed E-state index contributed by atoms with van der Waals surface area (Å²) in [5.41, 5.74) is 2.04. The van der Waals surface area contributed by atoms with Crippen LogP contribution in [0.1, 0.15) is 11.1 Å². The molecule has 1 aromatic carbocycles. The van der Waals surface area contributed by atoms with Crippen molar-refractivity contribution in [2.45, 2.75) is 17.9 Å². The first-order chi connectivity index (χ1) is 13.0. The third kappa shape index (κ3) is 5.69. The molecular weight excluding hydrogens is 366 g/mol. The summed E-state index contributed by atoms with van der Waals surface area (Å²) < 4.78 is 22.5. The minimum absolute atomic E-state index is 0.101. The van der Waals surface area contributed by atoms with Gasteiger partial charge in [-0.1, -0.05) is 12.1 Å². The maximum atomic E-state index is 11.3. The Kier molecular flexibility index (Phi) is 5.89. The van der Waals surface area contributed by atoms with Gasteiger partial charge in [-0.05, 0) is 41.8 Å². The standard InChI is InChI=1S/C17H19N7O2S/c18-27(25,26)15-3-1-13(2-4-15)7-10-20-16-12-22-24-17(23-16)21-11-14-5-8-19-9-6-14/h1-6,8-9,12H,7,10-11H2,(H2,18,25,26)(H2,20,21,23,24). The van der Waals surface area contributed by atoms with Crippen molar-refractivity contribution in [3.05, 3.63) is 66.1 Å². The molecule has 0 saturated carbocycles. The summed E-state index contributed by atoms with van der Waals surface area (Å²) in [7, 11) is -3.66. The number of rotatable bonds is 8. The molecule has 0 radical (unpaired) electrons. The molecule has 140 valence electrons. The predicted molar refractivity (Wildman–Crippen MR) is 101 cm³/mol. The number of hydrogen-bond acceptors (Lipinski definition) is 8. The molecule has 2 heterocycles. The summed E-state index contributed by atoms with van der Waals surface area (Å²) in [6, 6.07) is 10.3. The van der Waals surface area contributed by atoms with Gasteiger partial charge in [-0.25, -0.2) is 13.6 Å². The Morgan fingerprint density at radius 2 is 1.70 bits per heavy atom. The Bertz CT molecular complexity index is 980. The quantitative estimate of drug-likeness (QED) is 0.526. The molecule has 0 unspecified atom stereocenters. The van der Waals surface area contributed by atoms with E-state index in [1.54, 1.807) is 30.7 Å². The molecule has 0 aliphatic carbocycles. The third-order valence-electron chi connectivity index (χ3n) is 3.73. The molecule has 0 fully saturated rings. The average molecular weight is 385 g/mol. The van der Waals surface area contributed by atoms with Crippen molar-refractivity contribution in [1.82, 2.24) is 20.2 Å².